The van der Waals surface area contributed by atoms with E-state index in [2.05, 4.69) is 15.9 Å². The van der Waals surface area contributed by atoms with Crippen LogP contribution in [-0.2, 0) is 0 Å². The van der Waals surface area contributed by atoms with Crippen molar-refractivity contribution < 1.29 is 4.74 Å². The highest BCUT2D eigenvalue weighted by Gasteiger charge is 2.54. The molecule has 2 N–H and O–H groups in total. The molecule has 20 heavy (non-hydrogen) atoms. The van der Waals surface area contributed by atoms with Crippen LogP contribution in [0.15, 0.2) is 22.7 Å². The van der Waals surface area contributed by atoms with Gasteiger partial charge in [0, 0.05) is 22.4 Å². The largest absolute Gasteiger partial charge is 0.488 e. The number of rotatable bonds is 2. The molecule has 0 heterocycles. The predicted molar refractivity (Wildman–Crippen MR) is 86.3 cm³/mol. The van der Waals surface area contributed by atoms with E-state index in [9.17, 15) is 0 Å². The zero-order valence-electron chi connectivity index (χ0n) is 11.6. The lowest BCUT2D eigenvalue weighted by atomic mass is 9.58. The minimum absolute atomic E-state index is 0.183. The van der Waals surface area contributed by atoms with E-state index in [1.165, 1.54) is 38.5 Å². The molecule has 2 saturated carbocycles. The molecule has 0 radical (unpaired) electrons. The van der Waals surface area contributed by atoms with Gasteiger partial charge in [0.05, 0.1) is 5.02 Å². The Morgan fingerprint density at radius 2 is 1.90 bits per heavy atom. The van der Waals surface area contributed by atoms with Crippen LogP contribution in [0, 0.1) is 5.41 Å². The monoisotopic (exact) mass is 357 g/mol. The van der Waals surface area contributed by atoms with E-state index < -0.39 is 0 Å². The molecule has 2 nitrogen and oxygen atoms in total. The minimum Gasteiger partial charge on any atom is -0.488 e. The maximum Gasteiger partial charge on any atom is 0.139 e. The van der Waals surface area contributed by atoms with Gasteiger partial charge in [-0.25, -0.2) is 0 Å². The average molecular weight is 359 g/mol. The van der Waals surface area contributed by atoms with Gasteiger partial charge in [0.1, 0.15) is 11.9 Å². The standard InChI is InChI=1S/C16H21BrClNO/c17-11-5-6-12(18)13(9-11)20-15-10-14(19)16(15)7-3-1-2-4-8-16/h5-6,9,14-15H,1-4,7-8,10,19H2. The lowest BCUT2D eigenvalue weighted by molar-refractivity contribution is -0.0770. The average Bonchev–Trinajstić information content (AvgIpc) is 2.70. The summed E-state index contributed by atoms with van der Waals surface area (Å²) >= 11 is 9.71. The Morgan fingerprint density at radius 1 is 1.20 bits per heavy atom. The second-order valence-corrected chi connectivity index (χ2v) is 7.49. The van der Waals surface area contributed by atoms with E-state index in [1.54, 1.807) is 0 Å². The van der Waals surface area contributed by atoms with Crippen LogP contribution >= 0.6 is 27.5 Å². The van der Waals surface area contributed by atoms with Gasteiger partial charge in [-0.2, -0.15) is 0 Å². The van der Waals surface area contributed by atoms with Crippen LogP contribution in [0.2, 0.25) is 5.02 Å². The molecule has 0 aromatic heterocycles. The Hall–Kier alpha value is -0.250. The van der Waals surface area contributed by atoms with Crippen molar-refractivity contribution in [1.82, 2.24) is 0 Å². The molecule has 2 aliphatic rings. The molecule has 1 spiro atoms. The van der Waals surface area contributed by atoms with E-state index in [4.69, 9.17) is 22.1 Å². The van der Waals surface area contributed by atoms with Gasteiger partial charge >= 0.3 is 0 Å². The van der Waals surface area contributed by atoms with E-state index in [0.29, 0.717) is 5.02 Å². The van der Waals surface area contributed by atoms with Crippen LogP contribution in [0.25, 0.3) is 0 Å². The first-order valence-corrected chi connectivity index (χ1v) is 8.66. The van der Waals surface area contributed by atoms with Crippen molar-refractivity contribution in [3.05, 3.63) is 27.7 Å². The lowest BCUT2D eigenvalue weighted by Crippen LogP contribution is -2.63. The fraction of sp³-hybridized carbons (Fsp3) is 0.625. The Bertz CT molecular complexity index is 485. The fourth-order valence-electron chi connectivity index (χ4n) is 3.74. The number of ether oxygens (including phenoxy) is 1. The van der Waals surface area contributed by atoms with Crippen LogP contribution in [0.4, 0.5) is 0 Å². The SMILES string of the molecule is NC1CC(Oc2cc(Br)ccc2Cl)C12CCCCCC2. The van der Waals surface area contributed by atoms with Crippen molar-refractivity contribution in [2.75, 3.05) is 0 Å². The smallest absolute Gasteiger partial charge is 0.139 e. The summed E-state index contributed by atoms with van der Waals surface area (Å²) < 4.78 is 7.24. The van der Waals surface area contributed by atoms with Crippen LogP contribution in [0.1, 0.15) is 44.9 Å². The van der Waals surface area contributed by atoms with Crippen molar-refractivity contribution in [1.29, 1.82) is 0 Å². The van der Waals surface area contributed by atoms with Crippen LogP contribution in [0.5, 0.6) is 5.75 Å². The summed E-state index contributed by atoms with van der Waals surface area (Å²) in [7, 11) is 0. The molecule has 2 atom stereocenters. The van der Waals surface area contributed by atoms with Gasteiger partial charge in [-0.15, -0.1) is 0 Å². The summed E-state index contributed by atoms with van der Waals surface area (Å²) in [5.74, 6) is 0.779. The maximum atomic E-state index is 6.35. The molecule has 110 valence electrons. The zero-order chi connectivity index (χ0) is 14.2. The quantitative estimate of drug-likeness (QED) is 0.814. The van der Waals surface area contributed by atoms with Gasteiger partial charge in [0.2, 0.25) is 0 Å². The summed E-state index contributed by atoms with van der Waals surface area (Å²) in [5.41, 5.74) is 6.53. The Labute approximate surface area is 134 Å². The van der Waals surface area contributed by atoms with Crippen molar-refractivity contribution in [3.8, 4) is 5.75 Å². The molecule has 2 aliphatic carbocycles. The summed E-state index contributed by atoms with van der Waals surface area (Å²) in [6.45, 7) is 0. The second-order valence-electron chi connectivity index (χ2n) is 6.17. The number of hydrogen-bond acceptors (Lipinski definition) is 2. The first kappa shape index (κ1) is 14.7. The van der Waals surface area contributed by atoms with Crippen molar-refractivity contribution in [2.45, 2.75) is 57.1 Å². The van der Waals surface area contributed by atoms with Crippen molar-refractivity contribution in [2.24, 2.45) is 11.1 Å². The Kier molecular flexibility index (Phi) is 4.30. The number of nitrogens with two attached hydrogens (primary N) is 1. The molecular formula is C16H21BrClNO. The normalized spacial score (nSPS) is 28.8. The highest BCUT2D eigenvalue weighted by atomic mass is 79.9. The van der Waals surface area contributed by atoms with Gasteiger partial charge in [0.25, 0.3) is 0 Å². The van der Waals surface area contributed by atoms with Crippen LogP contribution in [0.3, 0.4) is 0 Å². The highest BCUT2D eigenvalue weighted by molar-refractivity contribution is 9.10. The van der Waals surface area contributed by atoms with Crippen LogP contribution in [-0.4, -0.2) is 12.1 Å². The summed E-state index contributed by atoms with van der Waals surface area (Å²) in [6, 6.07) is 6.05. The first-order valence-electron chi connectivity index (χ1n) is 7.49. The molecule has 0 bridgehead atoms. The molecule has 0 amide bonds. The molecule has 2 fully saturated rings. The molecule has 1 aromatic carbocycles. The van der Waals surface area contributed by atoms with E-state index in [0.717, 1.165) is 16.6 Å². The van der Waals surface area contributed by atoms with E-state index in [-0.39, 0.29) is 17.6 Å². The highest BCUT2D eigenvalue weighted by Crippen LogP contribution is 2.52. The third-order valence-corrected chi connectivity index (χ3v) is 5.85. The summed E-state index contributed by atoms with van der Waals surface area (Å²) in [4.78, 5) is 0. The first-order chi connectivity index (χ1) is 9.62. The molecular weight excluding hydrogens is 338 g/mol. The second kappa shape index (κ2) is 5.86. The molecule has 0 saturated heterocycles. The van der Waals surface area contributed by atoms with E-state index in [1.807, 2.05) is 18.2 Å². The van der Waals surface area contributed by atoms with E-state index >= 15 is 0 Å². The molecule has 2 unspecified atom stereocenters. The number of hydrogen-bond donors (Lipinski definition) is 1. The van der Waals surface area contributed by atoms with Crippen molar-refractivity contribution >= 4 is 27.5 Å². The predicted octanol–water partition coefficient (Wildman–Crippen LogP) is 4.92. The molecule has 0 aliphatic heterocycles. The maximum absolute atomic E-state index is 6.35. The summed E-state index contributed by atoms with van der Waals surface area (Å²) in [6.07, 6.45) is 8.79. The van der Waals surface area contributed by atoms with Gasteiger partial charge in [-0.05, 0) is 31.0 Å². The minimum atomic E-state index is 0.183. The lowest BCUT2D eigenvalue weighted by Gasteiger charge is -2.54. The van der Waals surface area contributed by atoms with Gasteiger partial charge in [-0.1, -0.05) is 53.2 Å². The van der Waals surface area contributed by atoms with Gasteiger partial charge < -0.3 is 10.5 Å². The number of halogens is 2. The Balaban J connectivity index is 1.78. The molecule has 3 rings (SSSR count). The van der Waals surface area contributed by atoms with Crippen LogP contribution < -0.4 is 10.5 Å². The van der Waals surface area contributed by atoms with Gasteiger partial charge in [-0.3, -0.25) is 0 Å². The zero-order valence-corrected chi connectivity index (χ0v) is 13.9. The Morgan fingerprint density at radius 3 is 2.55 bits per heavy atom. The third-order valence-electron chi connectivity index (χ3n) is 5.04. The fourth-order valence-corrected chi connectivity index (χ4v) is 4.25. The summed E-state index contributed by atoms with van der Waals surface area (Å²) in [5, 5.41) is 0.678. The third kappa shape index (κ3) is 2.60. The molecule has 4 heteroatoms. The van der Waals surface area contributed by atoms with Gasteiger partial charge in [0.15, 0.2) is 0 Å². The topological polar surface area (TPSA) is 35.2 Å². The van der Waals surface area contributed by atoms with Crippen molar-refractivity contribution in [3.63, 3.8) is 0 Å². The molecule has 1 aromatic rings. The number of benzene rings is 1.